The van der Waals surface area contributed by atoms with Gasteiger partial charge in [0.25, 0.3) is 0 Å². The van der Waals surface area contributed by atoms with Crippen molar-refractivity contribution in [2.45, 2.75) is 134 Å². The standard InChI is InChI=1S/C33H51N/c1-19-28-7-22-4-23(8-28)14-31(19,13-22)34(32-15-24-5-25(16-32)10-29(9-24)20(32)2)33-17-26-6-27(18-33)12-30(11-26)21(33)3/h19-30H,4-18H2,1-3H3. The summed E-state index contributed by atoms with van der Waals surface area (Å²) in [5.41, 5.74) is 1.69. The van der Waals surface area contributed by atoms with Gasteiger partial charge in [-0.25, -0.2) is 0 Å². The Labute approximate surface area is 209 Å². The van der Waals surface area contributed by atoms with Crippen LogP contribution >= 0.6 is 0 Å². The van der Waals surface area contributed by atoms with E-state index in [1.165, 1.54) is 0 Å². The molecule has 1 nitrogen and oxygen atoms in total. The van der Waals surface area contributed by atoms with Crippen LogP contribution in [0.5, 0.6) is 0 Å². The Bertz CT molecular complexity index is 733. The number of rotatable bonds is 3. The maximum absolute atomic E-state index is 3.67. The molecule has 9 unspecified atom stereocenters. The van der Waals surface area contributed by atoms with Crippen LogP contribution in [0.15, 0.2) is 0 Å². The molecule has 0 heterocycles. The Morgan fingerprint density at radius 2 is 0.618 bits per heavy atom. The summed E-state index contributed by atoms with van der Waals surface area (Å²) < 4.78 is 0. The summed E-state index contributed by atoms with van der Waals surface area (Å²) in [4.78, 5) is 3.67. The monoisotopic (exact) mass is 461 g/mol. The zero-order valence-corrected chi connectivity index (χ0v) is 22.5. The van der Waals surface area contributed by atoms with Gasteiger partial charge in [-0.3, -0.25) is 4.90 Å². The van der Waals surface area contributed by atoms with E-state index in [4.69, 9.17) is 0 Å². The lowest BCUT2D eigenvalue weighted by Gasteiger charge is -2.79. The minimum Gasteiger partial charge on any atom is -0.285 e. The zero-order chi connectivity index (χ0) is 22.6. The third kappa shape index (κ3) is 2.36. The lowest BCUT2D eigenvalue weighted by atomic mass is 9.40. The first kappa shape index (κ1) is 21.0. The van der Waals surface area contributed by atoms with Gasteiger partial charge < -0.3 is 0 Å². The second-order valence-corrected chi connectivity index (χ2v) is 16.8. The topological polar surface area (TPSA) is 3.24 Å². The third-order valence-electron chi connectivity index (χ3n) is 15.7. The van der Waals surface area contributed by atoms with E-state index in [1.807, 2.05) is 0 Å². The SMILES string of the molecule is CC1C2CC3CC(C2)CC1(N(C12CC4CC(CC(C4)C1C)C2)C12CC4CC(CC(C4)C1C)C2)C3. The van der Waals surface area contributed by atoms with Crippen LogP contribution in [0, 0.1) is 71.0 Å². The summed E-state index contributed by atoms with van der Waals surface area (Å²) in [5.74, 6) is 12.5. The Balaban J connectivity index is 1.27. The normalized spacial score (nSPS) is 66.7. The van der Waals surface area contributed by atoms with Crippen molar-refractivity contribution in [2.75, 3.05) is 0 Å². The molecule has 12 bridgehead atoms. The highest BCUT2D eigenvalue weighted by molar-refractivity contribution is 5.25. The zero-order valence-electron chi connectivity index (χ0n) is 22.5. The van der Waals surface area contributed by atoms with Crippen molar-refractivity contribution in [3.63, 3.8) is 0 Å². The van der Waals surface area contributed by atoms with Crippen LogP contribution < -0.4 is 0 Å². The molecular formula is C33H51N. The summed E-state index contributed by atoms with van der Waals surface area (Å²) in [6.07, 6.45) is 24.0. The van der Waals surface area contributed by atoms with Crippen LogP contribution in [0.2, 0.25) is 0 Å². The summed E-state index contributed by atoms with van der Waals surface area (Å²) in [5, 5.41) is 0. The number of hydrogen-bond donors (Lipinski definition) is 0. The lowest BCUT2D eigenvalue weighted by Crippen LogP contribution is -2.82. The molecule has 9 atom stereocenters. The first-order valence-corrected chi connectivity index (χ1v) is 16.2. The van der Waals surface area contributed by atoms with Crippen LogP contribution in [-0.2, 0) is 0 Å². The maximum atomic E-state index is 3.67. The largest absolute Gasteiger partial charge is 0.285 e. The van der Waals surface area contributed by atoms with Gasteiger partial charge >= 0.3 is 0 Å². The highest BCUT2D eigenvalue weighted by Crippen LogP contribution is 2.72. The molecular weight excluding hydrogens is 410 g/mol. The van der Waals surface area contributed by atoms with Gasteiger partial charge in [0, 0.05) is 16.6 Å². The minimum atomic E-state index is 0.564. The fourth-order valence-electron chi connectivity index (χ4n) is 15.2. The van der Waals surface area contributed by atoms with Crippen molar-refractivity contribution in [1.29, 1.82) is 0 Å². The van der Waals surface area contributed by atoms with Crippen LogP contribution in [0.25, 0.3) is 0 Å². The van der Waals surface area contributed by atoms with E-state index in [1.54, 1.807) is 96.3 Å². The van der Waals surface area contributed by atoms with Gasteiger partial charge in [0.05, 0.1) is 0 Å². The molecule has 12 saturated carbocycles. The van der Waals surface area contributed by atoms with Crippen molar-refractivity contribution in [3.05, 3.63) is 0 Å². The lowest BCUT2D eigenvalue weighted by molar-refractivity contribution is -0.289. The molecule has 0 aromatic carbocycles. The molecule has 12 aliphatic rings. The van der Waals surface area contributed by atoms with Gasteiger partial charge in [0.15, 0.2) is 0 Å². The maximum Gasteiger partial charge on any atom is 0.0254 e. The third-order valence-corrected chi connectivity index (χ3v) is 15.7. The number of nitrogens with zero attached hydrogens (tertiary/aromatic N) is 1. The molecule has 12 fully saturated rings. The summed E-state index contributed by atoms with van der Waals surface area (Å²) >= 11 is 0. The van der Waals surface area contributed by atoms with Crippen molar-refractivity contribution in [2.24, 2.45) is 71.0 Å². The average Bonchev–Trinajstić information content (AvgIpc) is 2.78. The first-order valence-electron chi connectivity index (χ1n) is 16.2. The Morgan fingerprint density at radius 1 is 0.382 bits per heavy atom. The predicted octanol–water partition coefficient (Wildman–Crippen LogP) is 7.93. The van der Waals surface area contributed by atoms with E-state index in [-0.39, 0.29) is 0 Å². The van der Waals surface area contributed by atoms with Crippen molar-refractivity contribution in [3.8, 4) is 0 Å². The van der Waals surface area contributed by atoms with Crippen LogP contribution in [0.3, 0.4) is 0 Å². The molecule has 0 aromatic heterocycles. The molecule has 0 saturated heterocycles. The fourth-order valence-corrected chi connectivity index (χ4v) is 15.2. The van der Waals surface area contributed by atoms with E-state index < -0.39 is 0 Å². The number of hydrogen-bond acceptors (Lipinski definition) is 1. The van der Waals surface area contributed by atoms with E-state index in [2.05, 4.69) is 25.7 Å². The summed E-state index contributed by atoms with van der Waals surface area (Å²) in [6, 6.07) is 0. The molecule has 188 valence electrons. The smallest absolute Gasteiger partial charge is 0.0254 e. The van der Waals surface area contributed by atoms with Gasteiger partial charge in [0.2, 0.25) is 0 Å². The van der Waals surface area contributed by atoms with Crippen LogP contribution in [0.1, 0.15) is 117 Å². The second kappa shape index (κ2) is 6.50. The van der Waals surface area contributed by atoms with Crippen LogP contribution in [-0.4, -0.2) is 21.5 Å². The van der Waals surface area contributed by atoms with Gasteiger partial charge in [-0.1, -0.05) is 20.8 Å². The van der Waals surface area contributed by atoms with E-state index in [0.29, 0.717) is 16.6 Å². The highest BCUT2D eigenvalue weighted by atomic mass is 15.4. The van der Waals surface area contributed by atoms with E-state index in [0.717, 1.165) is 71.0 Å². The predicted molar refractivity (Wildman–Crippen MR) is 138 cm³/mol. The summed E-state index contributed by atoms with van der Waals surface area (Å²) in [7, 11) is 0. The minimum absolute atomic E-state index is 0.564. The molecule has 0 amide bonds. The molecule has 0 aromatic rings. The van der Waals surface area contributed by atoms with Gasteiger partial charge in [-0.05, 0) is 167 Å². The van der Waals surface area contributed by atoms with Gasteiger partial charge in [-0.15, -0.1) is 0 Å². The molecule has 0 aliphatic heterocycles. The molecule has 12 rings (SSSR count). The van der Waals surface area contributed by atoms with E-state index >= 15 is 0 Å². The van der Waals surface area contributed by atoms with Crippen molar-refractivity contribution in [1.82, 2.24) is 4.90 Å². The van der Waals surface area contributed by atoms with Crippen molar-refractivity contribution < 1.29 is 0 Å². The molecule has 1 heteroatoms. The van der Waals surface area contributed by atoms with Gasteiger partial charge in [-0.2, -0.15) is 0 Å². The Hall–Kier alpha value is -0.0400. The molecule has 0 N–H and O–H groups in total. The average molecular weight is 462 g/mol. The Kier molecular flexibility index (Phi) is 4.01. The summed E-state index contributed by atoms with van der Waals surface area (Å²) in [6.45, 7) is 8.39. The van der Waals surface area contributed by atoms with E-state index in [9.17, 15) is 0 Å². The van der Waals surface area contributed by atoms with Crippen LogP contribution in [0.4, 0.5) is 0 Å². The Morgan fingerprint density at radius 3 is 0.853 bits per heavy atom. The second-order valence-electron chi connectivity index (χ2n) is 16.8. The molecule has 0 spiro atoms. The first-order chi connectivity index (χ1) is 16.4. The fraction of sp³-hybridized carbons (Fsp3) is 1.00. The molecule has 0 radical (unpaired) electrons. The van der Waals surface area contributed by atoms with Crippen molar-refractivity contribution >= 4 is 0 Å². The highest BCUT2D eigenvalue weighted by Gasteiger charge is 2.72. The molecule has 12 aliphatic carbocycles. The molecule has 34 heavy (non-hydrogen) atoms. The van der Waals surface area contributed by atoms with Gasteiger partial charge in [0.1, 0.15) is 0 Å². The quantitative estimate of drug-likeness (QED) is 0.412.